The molecule has 1 aliphatic carbocycles. The van der Waals surface area contributed by atoms with Gasteiger partial charge in [-0.1, -0.05) is 19.4 Å². The minimum absolute atomic E-state index is 0.0752. The van der Waals surface area contributed by atoms with Crippen molar-refractivity contribution in [3.05, 3.63) is 29.8 Å². The summed E-state index contributed by atoms with van der Waals surface area (Å²) in [4.78, 5) is 23.6. The van der Waals surface area contributed by atoms with E-state index in [2.05, 4.69) is 10.6 Å². The van der Waals surface area contributed by atoms with Crippen LogP contribution in [0.15, 0.2) is 24.3 Å². The van der Waals surface area contributed by atoms with E-state index < -0.39 is 0 Å². The standard InChI is InChI=1S/C17H24N2O3/c1-2-16(21)19-14-7-4-6-13(10-14)17(22)18-11-12-5-3-8-15(20)9-12/h4,6-7,10,12,15,20H,2-3,5,8-9,11H2,1H3,(H,18,22)(H,19,21). The van der Waals surface area contributed by atoms with Crippen molar-refractivity contribution in [2.75, 3.05) is 11.9 Å². The molecule has 2 atom stereocenters. The summed E-state index contributed by atoms with van der Waals surface area (Å²) in [5, 5.41) is 15.3. The summed E-state index contributed by atoms with van der Waals surface area (Å²) in [7, 11) is 0. The summed E-state index contributed by atoms with van der Waals surface area (Å²) in [6.45, 7) is 2.37. The molecule has 1 fully saturated rings. The van der Waals surface area contributed by atoms with Gasteiger partial charge in [0.2, 0.25) is 5.91 Å². The Hall–Kier alpha value is -1.88. The van der Waals surface area contributed by atoms with Gasteiger partial charge in [-0.05, 0) is 43.4 Å². The Morgan fingerprint density at radius 3 is 2.86 bits per heavy atom. The molecule has 2 rings (SSSR count). The summed E-state index contributed by atoms with van der Waals surface area (Å²) in [6, 6.07) is 6.93. The third kappa shape index (κ3) is 4.84. The smallest absolute Gasteiger partial charge is 0.251 e. The molecule has 1 aliphatic rings. The van der Waals surface area contributed by atoms with E-state index in [1.807, 2.05) is 0 Å². The minimum atomic E-state index is -0.233. The zero-order chi connectivity index (χ0) is 15.9. The summed E-state index contributed by atoms with van der Waals surface area (Å²) < 4.78 is 0. The van der Waals surface area contributed by atoms with Crippen LogP contribution in [-0.4, -0.2) is 29.6 Å². The number of rotatable bonds is 5. The van der Waals surface area contributed by atoms with E-state index >= 15 is 0 Å². The number of benzene rings is 1. The lowest BCUT2D eigenvalue weighted by Crippen LogP contribution is -2.33. The third-order valence-electron chi connectivity index (χ3n) is 4.04. The molecule has 0 radical (unpaired) electrons. The van der Waals surface area contributed by atoms with Gasteiger partial charge in [-0.3, -0.25) is 9.59 Å². The predicted octanol–water partition coefficient (Wildman–Crippen LogP) is 2.32. The van der Waals surface area contributed by atoms with Crippen LogP contribution >= 0.6 is 0 Å². The number of anilines is 1. The van der Waals surface area contributed by atoms with Crippen molar-refractivity contribution < 1.29 is 14.7 Å². The van der Waals surface area contributed by atoms with Gasteiger partial charge in [-0.25, -0.2) is 0 Å². The molecule has 120 valence electrons. The zero-order valence-corrected chi connectivity index (χ0v) is 13.0. The fourth-order valence-corrected chi connectivity index (χ4v) is 2.77. The molecule has 5 heteroatoms. The highest BCUT2D eigenvalue weighted by Crippen LogP contribution is 2.23. The topological polar surface area (TPSA) is 78.4 Å². The van der Waals surface area contributed by atoms with Crippen LogP contribution in [0.3, 0.4) is 0 Å². The quantitative estimate of drug-likeness (QED) is 0.781. The summed E-state index contributed by atoms with van der Waals surface area (Å²) in [6.07, 6.45) is 3.85. The number of aliphatic hydroxyl groups excluding tert-OH is 1. The second kappa shape index (κ2) is 7.94. The predicted molar refractivity (Wildman–Crippen MR) is 85.7 cm³/mol. The van der Waals surface area contributed by atoms with Gasteiger partial charge in [0.15, 0.2) is 0 Å². The van der Waals surface area contributed by atoms with Crippen molar-refractivity contribution in [3.63, 3.8) is 0 Å². The van der Waals surface area contributed by atoms with Gasteiger partial charge in [-0.2, -0.15) is 0 Å². The highest BCUT2D eigenvalue weighted by molar-refractivity contribution is 5.97. The monoisotopic (exact) mass is 304 g/mol. The third-order valence-corrected chi connectivity index (χ3v) is 4.04. The van der Waals surface area contributed by atoms with Crippen LogP contribution in [0, 0.1) is 5.92 Å². The van der Waals surface area contributed by atoms with Gasteiger partial charge >= 0.3 is 0 Å². The van der Waals surface area contributed by atoms with Crippen LogP contribution in [0.25, 0.3) is 0 Å². The number of hydrogen-bond acceptors (Lipinski definition) is 3. The fraction of sp³-hybridized carbons (Fsp3) is 0.529. The Kier molecular flexibility index (Phi) is 5.95. The normalized spacial score (nSPS) is 21.2. The molecule has 1 saturated carbocycles. The van der Waals surface area contributed by atoms with Crippen molar-refractivity contribution in [1.29, 1.82) is 0 Å². The van der Waals surface area contributed by atoms with Crippen LogP contribution in [0.4, 0.5) is 5.69 Å². The van der Waals surface area contributed by atoms with Crippen molar-refractivity contribution in [3.8, 4) is 0 Å². The number of nitrogens with one attached hydrogen (secondary N) is 2. The van der Waals surface area contributed by atoms with E-state index in [0.29, 0.717) is 30.1 Å². The molecule has 0 heterocycles. The Morgan fingerprint density at radius 1 is 1.32 bits per heavy atom. The van der Waals surface area contributed by atoms with Gasteiger partial charge in [-0.15, -0.1) is 0 Å². The first kappa shape index (κ1) is 16.5. The molecule has 2 amide bonds. The Bertz CT molecular complexity index is 530. The summed E-state index contributed by atoms with van der Waals surface area (Å²) >= 11 is 0. The molecule has 3 N–H and O–H groups in total. The first-order valence-electron chi connectivity index (χ1n) is 7.94. The van der Waals surface area contributed by atoms with Gasteiger partial charge in [0, 0.05) is 24.2 Å². The SMILES string of the molecule is CCC(=O)Nc1cccc(C(=O)NCC2CCCC(O)C2)c1. The average molecular weight is 304 g/mol. The maximum absolute atomic E-state index is 12.2. The van der Waals surface area contributed by atoms with Crippen molar-refractivity contribution >= 4 is 17.5 Å². The van der Waals surface area contributed by atoms with E-state index in [4.69, 9.17) is 0 Å². The van der Waals surface area contributed by atoms with Crippen molar-refractivity contribution in [2.45, 2.75) is 45.1 Å². The molecule has 5 nitrogen and oxygen atoms in total. The van der Waals surface area contributed by atoms with Crippen LogP contribution in [0.5, 0.6) is 0 Å². The fourth-order valence-electron chi connectivity index (χ4n) is 2.77. The van der Waals surface area contributed by atoms with Gasteiger partial charge in [0.1, 0.15) is 0 Å². The van der Waals surface area contributed by atoms with Crippen LogP contribution < -0.4 is 10.6 Å². The van der Waals surface area contributed by atoms with Crippen molar-refractivity contribution in [1.82, 2.24) is 5.32 Å². The van der Waals surface area contributed by atoms with E-state index in [9.17, 15) is 14.7 Å². The second-order valence-electron chi connectivity index (χ2n) is 5.88. The lowest BCUT2D eigenvalue weighted by molar-refractivity contribution is -0.115. The first-order valence-corrected chi connectivity index (χ1v) is 7.94. The maximum Gasteiger partial charge on any atom is 0.251 e. The lowest BCUT2D eigenvalue weighted by Gasteiger charge is -2.25. The number of hydrogen-bond donors (Lipinski definition) is 3. The largest absolute Gasteiger partial charge is 0.393 e. The molecule has 0 aromatic heterocycles. The van der Waals surface area contributed by atoms with Crippen LogP contribution in [0.1, 0.15) is 49.4 Å². The average Bonchev–Trinajstić information content (AvgIpc) is 2.53. The van der Waals surface area contributed by atoms with Crippen LogP contribution in [0.2, 0.25) is 0 Å². The van der Waals surface area contributed by atoms with E-state index in [1.54, 1.807) is 31.2 Å². The van der Waals surface area contributed by atoms with E-state index in [-0.39, 0.29) is 17.9 Å². The second-order valence-corrected chi connectivity index (χ2v) is 5.88. The summed E-state index contributed by atoms with van der Waals surface area (Å²) in [5.41, 5.74) is 1.16. The molecule has 1 aromatic rings. The Balaban J connectivity index is 1.89. The van der Waals surface area contributed by atoms with Gasteiger partial charge in [0.25, 0.3) is 5.91 Å². The summed E-state index contributed by atoms with van der Waals surface area (Å²) in [5.74, 6) is 0.122. The number of carbonyl (C=O) groups is 2. The molecular weight excluding hydrogens is 280 g/mol. The molecule has 0 aliphatic heterocycles. The van der Waals surface area contributed by atoms with E-state index in [1.165, 1.54) is 0 Å². The first-order chi connectivity index (χ1) is 10.6. The molecule has 22 heavy (non-hydrogen) atoms. The molecule has 0 saturated heterocycles. The van der Waals surface area contributed by atoms with Gasteiger partial charge in [0.05, 0.1) is 6.10 Å². The molecule has 1 aromatic carbocycles. The number of aliphatic hydroxyl groups is 1. The zero-order valence-electron chi connectivity index (χ0n) is 13.0. The van der Waals surface area contributed by atoms with Crippen LogP contribution in [-0.2, 0) is 4.79 Å². The molecule has 2 unspecified atom stereocenters. The Morgan fingerprint density at radius 2 is 2.14 bits per heavy atom. The van der Waals surface area contributed by atoms with Crippen molar-refractivity contribution in [2.24, 2.45) is 5.92 Å². The minimum Gasteiger partial charge on any atom is -0.393 e. The number of amides is 2. The maximum atomic E-state index is 12.2. The highest BCUT2D eigenvalue weighted by Gasteiger charge is 2.20. The molecule has 0 spiro atoms. The highest BCUT2D eigenvalue weighted by atomic mass is 16.3. The molecular formula is C17H24N2O3. The Labute approximate surface area is 131 Å². The van der Waals surface area contributed by atoms with E-state index in [0.717, 1.165) is 25.7 Å². The lowest BCUT2D eigenvalue weighted by atomic mass is 9.87. The van der Waals surface area contributed by atoms with Gasteiger partial charge < -0.3 is 15.7 Å². The molecule has 0 bridgehead atoms. The number of carbonyl (C=O) groups excluding carboxylic acids is 2.